The van der Waals surface area contributed by atoms with E-state index in [-0.39, 0.29) is 5.75 Å². The van der Waals surface area contributed by atoms with Crippen molar-refractivity contribution in [3.05, 3.63) is 101 Å². The van der Waals surface area contributed by atoms with Gasteiger partial charge in [0.05, 0.1) is 18.7 Å². The average molecular weight is 499 g/mol. The Morgan fingerprint density at radius 1 is 1.06 bits per heavy atom. The lowest BCUT2D eigenvalue weighted by molar-refractivity contribution is 0.372. The molecule has 1 atom stereocenters. The van der Waals surface area contributed by atoms with Crippen LogP contribution in [0.4, 0.5) is 0 Å². The predicted octanol–water partition coefficient (Wildman–Crippen LogP) is 5.62. The van der Waals surface area contributed by atoms with Gasteiger partial charge in [0, 0.05) is 17.8 Å². The standard InChI is InChI=1S/C28H26N4O3S/c1-17-9-11-19(12-10-17)16-32-18(2)24(27-30-26(31-35-27)20-7-5-4-6-8-20)25(29-28(32)36)21-13-14-23(34-3)22(33)15-21/h4-15,25,33H,16H2,1-3H3,(H,29,36). The van der Waals surface area contributed by atoms with Crippen molar-refractivity contribution < 1.29 is 14.4 Å². The van der Waals surface area contributed by atoms with Gasteiger partial charge in [-0.15, -0.1) is 0 Å². The van der Waals surface area contributed by atoms with Crippen molar-refractivity contribution >= 4 is 22.9 Å². The number of benzene rings is 3. The fraction of sp³-hybridized carbons (Fsp3) is 0.179. The van der Waals surface area contributed by atoms with Crippen molar-refractivity contribution in [3.8, 4) is 22.9 Å². The number of aromatic hydroxyl groups is 1. The lowest BCUT2D eigenvalue weighted by Gasteiger charge is -2.37. The summed E-state index contributed by atoms with van der Waals surface area (Å²) in [7, 11) is 1.52. The molecule has 1 aromatic heterocycles. The first-order valence-corrected chi connectivity index (χ1v) is 12.0. The maximum atomic E-state index is 10.5. The van der Waals surface area contributed by atoms with E-state index in [4.69, 9.17) is 26.5 Å². The van der Waals surface area contributed by atoms with Gasteiger partial charge in [-0.25, -0.2) is 0 Å². The van der Waals surface area contributed by atoms with E-state index in [1.165, 1.54) is 12.7 Å². The Hall–Kier alpha value is -4.17. The third-order valence-corrected chi connectivity index (χ3v) is 6.62. The number of hydrogen-bond donors (Lipinski definition) is 2. The second kappa shape index (κ2) is 9.83. The molecule has 0 amide bonds. The number of nitrogens with zero attached hydrogens (tertiary/aromatic N) is 3. The molecule has 0 radical (unpaired) electrons. The molecule has 0 saturated heterocycles. The Morgan fingerprint density at radius 3 is 2.50 bits per heavy atom. The number of aryl methyl sites for hydroxylation is 1. The summed E-state index contributed by atoms with van der Waals surface area (Å²) in [5.41, 5.74) is 5.65. The van der Waals surface area contributed by atoms with E-state index in [0.717, 1.165) is 28.0 Å². The Bertz CT molecular complexity index is 1430. The van der Waals surface area contributed by atoms with Gasteiger partial charge in [-0.3, -0.25) is 0 Å². The first-order chi connectivity index (χ1) is 17.4. The summed E-state index contributed by atoms with van der Waals surface area (Å²) in [5, 5.41) is 18.7. The molecule has 0 fully saturated rings. The van der Waals surface area contributed by atoms with Gasteiger partial charge in [-0.1, -0.05) is 71.4 Å². The summed E-state index contributed by atoms with van der Waals surface area (Å²) in [6.07, 6.45) is 0. The highest BCUT2D eigenvalue weighted by Gasteiger charge is 2.34. The smallest absolute Gasteiger partial charge is 0.258 e. The molecule has 2 heterocycles. The lowest BCUT2D eigenvalue weighted by atomic mass is 9.94. The summed E-state index contributed by atoms with van der Waals surface area (Å²) < 4.78 is 11.0. The van der Waals surface area contributed by atoms with E-state index in [0.29, 0.717) is 29.1 Å². The second-order valence-corrected chi connectivity index (χ2v) is 9.06. The van der Waals surface area contributed by atoms with Crippen molar-refractivity contribution in [1.82, 2.24) is 20.4 Å². The number of phenolic OH excluding ortho intramolecular Hbond substituents is 1. The number of ether oxygens (including phenoxy) is 1. The Labute approximate surface area is 215 Å². The van der Waals surface area contributed by atoms with Crippen LogP contribution in [-0.2, 0) is 6.54 Å². The van der Waals surface area contributed by atoms with Crippen LogP contribution >= 0.6 is 12.2 Å². The zero-order valence-corrected chi connectivity index (χ0v) is 21.0. The van der Waals surface area contributed by atoms with E-state index in [2.05, 4.69) is 41.7 Å². The summed E-state index contributed by atoms with van der Waals surface area (Å²) in [4.78, 5) is 6.76. The highest BCUT2D eigenvalue weighted by atomic mass is 32.1. The summed E-state index contributed by atoms with van der Waals surface area (Å²) >= 11 is 5.80. The normalized spacial score (nSPS) is 15.7. The lowest BCUT2D eigenvalue weighted by Crippen LogP contribution is -2.45. The maximum absolute atomic E-state index is 10.5. The van der Waals surface area contributed by atoms with Crippen LogP contribution in [0.3, 0.4) is 0 Å². The van der Waals surface area contributed by atoms with Crippen molar-refractivity contribution in [1.29, 1.82) is 0 Å². The molecule has 1 aliphatic rings. The van der Waals surface area contributed by atoms with Crippen molar-refractivity contribution in [3.63, 3.8) is 0 Å². The van der Waals surface area contributed by atoms with E-state index >= 15 is 0 Å². The zero-order valence-electron chi connectivity index (χ0n) is 20.2. The molecular formula is C28H26N4O3S. The Kier molecular flexibility index (Phi) is 6.43. The molecule has 0 spiro atoms. The number of allylic oxidation sites excluding steroid dienone is 1. The first kappa shape index (κ1) is 23.6. The molecule has 5 rings (SSSR count). The number of hydrogen-bond acceptors (Lipinski definition) is 6. The average Bonchev–Trinajstić information content (AvgIpc) is 3.37. The number of rotatable bonds is 6. The molecule has 182 valence electrons. The molecule has 2 N–H and O–H groups in total. The zero-order chi connectivity index (χ0) is 25.2. The molecular weight excluding hydrogens is 472 g/mol. The SMILES string of the molecule is COc1ccc(C2NC(=S)N(Cc3ccc(C)cc3)C(C)=C2c2nc(-c3ccccc3)no2)cc1O. The third kappa shape index (κ3) is 4.55. The van der Waals surface area contributed by atoms with Crippen molar-refractivity contribution in [2.75, 3.05) is 7.11 Å². The van der Waals surface area contributed by atoms with Crippen LogP contribution in [0, 0.1) is 6.92 Å². The van der Waals surface area contributed by atoms with Crippen LogP contribution in [0.15, 0.2) is 83.0 Å². The first-order valence-electron chi connectivity index (χ1n) is 11.6. The second-order valence-electron chi connectivity index (χ2n) is 8.67. The topological polar surface area (TPSA) is 83.7 Å². The summed E-state index contributed by atoms with van der Waals surface area (Å²) in [6.45, 7) is 4.65. The van der Waals surface area contributed by atoms with Crippen molar-refractivity contribution in [2.45, 2.75) is 26.4 Å². The van der Waals surface area contributed by atoms with E-state index < -0.39 is 6.04 Å². The van der Waals surface area contributed by atoms with Gasteiger partial charge in [0.15, 0.2) is 16.6 Å². The number of thiocarbonyl (C=S) groups is 1. The van der Waals surface area contributed by atoms with E-state index in [9.17, 15) is 5.11 Å². The van der Waals surface area contributed by atoms with Gasteiger partial charge in [-0.2, -0.15) is 4.98 Å². The number of phenols is 1. The van der Waals surface area contributed by atoms with Gasteiger partial charge >= 0.3 is 0 Å². The summed E-state index contributed by atoms with van der Waals surface area (Å²) in [6, 6.07) is 22.9. The molecule has 8 heteroatoms. The molecule has 1 aliphatic heterocycles. The fourth-order valence-corrected chi connectivity index (χ4v) is 4.62. The van der Waals surface area contributed by atoms with Crippen LogP contribution in [-0.4, -0.2) is 32.4 Å². The van der Waals surface area contributed by atoms with Gasteiger partial charge in [0.1, 0.15) is 0 Å². The largest absolute Gasteiger partial charge is 0.504 e. The molecule has 4 aromatic rings. The molecule has 7 nitrogen and oxygen atoms in total. The quantitative estimate of drug-likeness (QED) is 0.331. The minimum Gasteiger partial charge on any atom is -0.504 e. The summed E-state index contributed by atoms with van der Waals surface area (Å²) in [5.74, 6) is 1.32. The molecule has 0 saturated carbocycles. The number of nitrogens with one attached hydrogen (secondary N) is 1. The number of methoxy groups -OCH3 is 1. The van der Waals surface area contributed by atoms with Gasteiger partial charge in [-0.05, 0) is 49.3 Å². The highest BCUT2D eigenvalue weighted by molar-refractivity contribution is 7.80. The number of aromatic nitrogens is 2. The van der Waals surface area contributed by atoms with Gasteiger partial charge < -0.3 is 24.6 Å². The maximum Gasteiger partial charge on any atom is 0.258 e. The van der Waals surface area contributed by atoms with Crippen LogP contribution in [0.2, 0.25) is 0 Å². The minimum absolute atomic E-state index is 0.0392. The van der Waals surface area contributed by atoms with Crippen molar-refractivity contribution in [2.24, 2.45) is 0 Å². The molecule has 3 aromatic carbocycles. The third-order valence-electron chi connectivity index (χ3n) is 6.28. The molecule has 36 heavy (non-hydrogen) atoms. The van der Waals surface area contributed by atoms with Crippen LogP contribution in [0.5, 0.6) is 11.5 Å². The van der Waals surface area contributed by atoms with Gasteiger partial charge in [0.25, 0.3) is 5.89 Å². The Morgan fingerprint density at radius 2 is 1.81 bits per heavy atom. The van der Waals surface area contributed by atoms with Gasteiger partial charge in [0.2, 0.25) is 5.82 Å². The Balaban J connectivity index is 1.60. The van der Waals surface area contributed by atoms with E-state index in [1.54, 1.807) is 12.1 Å². The monoisotopic (exact) mass is 498 g/mol. The minimum atomic E-state index is -0.410. The molecule has 1 unspecified atom stereocenters. The highest BCUT2D eigenvalue weighted by Crippen LogP contribution is 2.40. The van der Waals surface area contributed by atoms with Crippen LogP contribution in [0.25, 0.3) is 17.0 Å². The molecule has 0 aliphatic carbocycles. The predicted molar refractivity (Wildman–Crippen MR) is 142 cm³/mol. The fourth-order valence-electron chi connectivity index (χ4n) is 4.30. The van der Waals surface area contributed by atoms with E-state index in [1.807, 2.05) is 48.2 Å². The van der Waals surface area contributed by atoms with Crippen LogP contribution in [0.1, 0.15) is 35.5 Å². The molecule has 0 bridgehead atoms. The van der Waals surface area contributed by atoms with Crippen LogP contribution < -0.4 is 10.1 Å².